The Bertz CT molecular complexity index is 599. The zero-order chi connectivity index (χ0) is 15.0. The van der Waals surface area contributed by atoms with Crippen LogP contribution in [-0.2, 0) is 9.53 Å². The number of hydrogen-bond donors (Lipinski definition) is 0. The molecule has 0 radical (unpaired) electrons. The Hall–Kier alpha value is -2.51. The molecular weight excluding hydrogens is 281 g/mol. The molecule has 2 saturated heterocycles. The van der Waals surface area contributed by atoms with Gasteiger partial charge in [-0.15, -0.1) is 0 Å². The first-order chi connectivity index (χ1) is 10.0. The highest BCUT2D eigenvalue weighted by molar-refractivity contribution is 5.98. The SMILES string of the molecule is O=C(c1cncc(F)c1)N1CC(CN2C(=O)COC2=O)C1. The lowest BCUT2D eigenvalue weighted by Crippen LogP contribution is -2.54. The third-order valence-corrected chi connectivity index (χ3v) is 3.48. The number of nitrogens with zero attached hydrogens (tertiary/aromatic N) is 3. The normalized spacial score (nSPS) is 18.7. The molecule has 0 bridgehead atoms. The fourth-order valence-corrected chi connectivity index (χ4v) is 2.38. The van der Waals surface area contributed by atoms with Crippen LogP contribution >= 0.6 is 0 Å². The molecule has 2 aliphatic rings. The lowest BCUT2D eigenvalue weighted by atomic mass is 9.98. The Morgan fingerprint density at radius 1 is 1.38 bits per heavy atom. The van der Waals surface area contributed by atoms with E-state index in [2.05, 4.69) is 9.72 Å². The fraction of sp³-hybridized carbons (Fsp3) is 0.385. The molecule has 0 aliphatic carbocycles. The van der Waals surface area contributed by atoms with E-state index < -0.39 is 11.9 Å². The van der Waals surface area contributed by atoms with E-state index in [4.69, 9.17) is 0 Å². The number of ether oxygens (including phenoxy) is 1. The van der Waals surface area contributed by atoms with Crippen LogP contribution in [-0.4, -0.2) is 58.9 Å². The Morgan fingerprint density at radius 3 is 2.76 bits per heavy atom. The molecule has 110 valence electrons. The molecule has 2 fully saturated rings. The van der Waals surface area contributed by atoms with Gasteiger partial charge in [0.1, 0.15) is 5.82 Å². The minimum absolute atomic E-state index is 0.0186. The van der Waals surface area contributed by atoms with Crippen LogP contribution in [0.5, 0.6) is 0 Å². The molecule has 0 unspecified atom stereocenters. The number of halogens is 1. The lowest BCUT2D eigenvalue weighted by Gasteiger charge is -2.40. The molecular formula is C13H12FN3O4. The minimum atomic E-state index is -0.640. The predicted octanol–water partition coefficient (Wildman–Crippen LogP) is 0.272. The zero-order valence-electron chi connectivity index (χ0n) is 11.0. The molecule has 1 aromatic heterocycles. The molecule has 2 aliphatic heterocycles. The van der Waals surface area contributed by atoms with Gasteiger partial charge < -0.3 is 9.64 Å². The second kappa shape index (κ2) is 5.12. The molecule has 3 rings (SSSR count). The summed E-state index contributed by atoms with van der Waals surface area (Å²) < 4.78 is 17.6. The van der Waals surface area contributed by atoms with Crippen LogP contribution in [0, 0.1) is 11.7 Å². The molecule has 0 aromatic carbocycles. The highest BCUT2D eigenvalue weighted by atomic mass is 19.1. The van der Waals surface area contributed by atoms with Gasteiger partial charge in [-0.05, 0) is 6.07 Å². The topological polar surface area (TPSA) is 79.8 Å². The first kappa shape index (κ1) is 13.5. The lowest BCUT2D eigenvalue weighted by molar-refractivity contribution is -0.126. The summed E-state index contributed by atoms with van der Waals surface area (Å²) in [6, 6.07) is 1.13. The van der Waals surface area contributed by atoms with Crippen molar-refractivity contribution >= 4 is 17.9 Å². The summed E-state index contributed by atoms with van der Waals surface area (Å²) in [5.74, 6) is -1.22. The van der Waals surface area contributed by atoms with Crippen molar-refractivity contribution in [3.05, 3.63) is 29.8 Å². The first-order valence-electron chi connectivity index (χ1n) is 6.41. The summed E-state index contributed by atoms with van der Waals surface area (Å²) >= 11 is 0. The van der Waals surface area contributed by atoms with Crippen molar-refractivity contribution in [3.63, 3.8) is 0 Å². The molecule has 3 heterocycles. The van der Waals surface area contributed by atoms with E-state index in [1.165, 1.54) is 11.1 Å². The highest BCUT2D eigenvalue weighted by Gasteiger charge is 2.38. The summed E-state index contributed by atoms with van der Waals surface area (Å²) in [6.07, 6.45) is 1.69. The molecule has 3 amide bonds. The molecule has 0 spiro atoms. The molecule has 21 heavy (non-hydrogen) atoms. The summed E-state index contributed by atoms with van der Waals surface area (Å²) in [6.45, 7) is 0.838. The average molecular weight is 293 g/mol. The fourth-order valence-electron chi connectivity index (χ4n) is 2.38. The number of rotatable bonds is 3. The first-order valence-corrected chi connectivity index (χ1v) is 6.41. The van der Waals surface area contributed by atoms with Crippen LogP contribution in [0.3, 0.4) is 0 Å². The number of amides is 3. The summed E-state index contributed by atoms with van der Waals surface area (Å²) in [7, 11) is 0. The van der Waals surface area contributed by atoms with E-state index in [1.807, 2.05) is 0 Å². The van der Waals surface area contributed by atoms with E-state index in [1.54, 1.807) is 0 Å². The van der Waals surface area contributed by atoms with Crippen LogP contribution in [0.1, 0.15) is 10.4 Å². The van der Waals surface area contributed by atoms with Gasteiger partial charge in [0, 0.05) is 31.7 Å². The number of aromatic nitrogens is 1. The third-order valence-electron chi connectivity index (χ3n) is 3.48. The van der Waals surface area contributed by atoms with Crippen LogP contribution in [0.4, 0.5) is 9.18 Å². The summed E-state index contributed by atoms with van der Waals surface area (Å²) in [4.78, 5) is 40.9. The van der Waals surface area contributed by atoms with Crippen molar-refractivity contribution in [2.24, 2.45) is 5.92 Å². The van der Waals surface area contributed by atoms with Crippen LogP contribution in [0.15, 0.2) is 18.5 Å². The molecule has 1 aromatic rings. The number of pyridine rings is 1. The van der Waals surface area contributed by atoms with Crippen molar-refractivity contribution in [2.45, 2.75) is 0 Å². The number of hydrogen-bond acceptors (Lipinski definition) is 5. The maximum atomic E-state index is 13.0. The molecule has 0 saturated carbocycles. The van der Waals surface area contributed by atoms with Crippen molar-refractivity contribution < 1.29 is 23.5 Å². The minimum Gasteiger partial charge on any atom is -0.439 e. The van der Waals surface area contributed by atoms with Gasteiger partial charge in [-0.2, -0.15) is 0 Å². The second-order valence-electron chi connectivity index (χ2n) is 5.03. The van der Waals surface area contributed by atoms with Gasteiger partial charge in [0.2, 0.25) is 0 Å². The van der Waals surface area contributed by atoms with Crippen LogP contribution in [0.2, 0.25) is 0 Å². The highest BCUT2D eigenvalue weighted by Crippen LogP contribution is 2.21. The summed E-state index contributed by atoms with van der Waals surface area (Å²) in [5.41, 5.74) is 0.185. The Labute approximate surface area is 119 Å². The van der Waals surface area contributed by atoms with Crippen LogP contribution in [0.25, 0.3) is 0 Å². The second-order valence-corrected chi connectivity index (χ2v) is 5.03. The van der Waals surface area contributed by atoms with Gasteiger partial charge in [0.05, 0.1) is 11.8 Å². The monoisotopic (exact) mass is 293 g/mol. The van der Waals surface area contributed by atoms with E-state index in [0.717, 1.165) is 17.2 Å². The molecule has 0 N–H and O–H groups in total. The van der Waals surface area contributed by atoms with Crippen molar-refractivity contribution in [1.29, 1.82) is 0 Å². The molecule has 0 atom stereocenters. The number of carbonyl (C=O) groups excluding carboxylic acids is 3. The smallest absolute Gasteiger partial charge is 0.417 e. The van der Waals surface area contributed by atoms with Gasteiger partial charge in [-0.25, -0.2) is 14.1 Å². The number of carbonyl (C=O) groups is 3. The van der Waals surface area contributed by atoms with Crippen molar-refractivity contribution in [2.75, 3.05) is 26.2 Å². The maximum absolute atomic E-state index is 13.0. The Balaban J connectivity index is 1.55. The molecule has 8 heteroatoms. The standard InChI is InChI=1S/C13H12FN3O4/c14-10-1-9(2-15-3-10)12(19)16-4-8(5-16)6-17-11(18)7-21-13(17)20/h1-3,8H,4-7H2. The van der Waals surface area contributed by atoms with E-state index in [0.29, 0.717) is 13.1 Å². The Morgan fingerprint density at radius 2 is 2.14 bits per heavy atom. The maximum Gasteiger partial charge on any atom is 0.417 e. The van der Waals surface area contributed by atoms with Gasteiger partial charge in [0.25, 0.3) is 11.8 Å². The van der Waals surface area contributed by atoms with Gasteiger partial charge in [-0.1, -0.05) is 0 Å². The Kier molecular flexibility index (Phi) is 3.28. The number of imide groups is 1. The molecule has 7 nitrogen and oxygen atoms in total. The van der Waals surface area contributed by atoms with E-state index in [-0.39, 0.29) is 36.4 Å². The predicted molar refractivity (Wildman–Crippen MR) is 66.6 cm³/mol. The van der Waals surface area contributed by atoms with Gasteiger partial charge >= 0.3 is 6.09 Å². The van der Waals surface area contributed by atoms with Gasteiger partial charge in [-0.3, -0.25) is 14.6 Å². The van der Waals surface area contributed by atoms with Crippen LogP contribution < -0.4 is 0 Å². The van der Waals surface area contributed by atoms with Crippen molar-refractivity contribution in [1.82, 2.24) is 14.8 Å². The van der Waals surface area contributed by atoms with E-state index in [9.17, 15) is 18.8 Å². The average Bonchev–Trinajstić information content (AvgIpc) is 2.72. The number of likely N-dealkylation sites (tertiary alicyclic amines) is 1. The number of cyclic esters (lactones) is 1. The van der Waals surface area contributed by atoms with Crippen molar-refractivity contribution in [3.8, 4) is 0 Å². The van der Waals surface area contributed by atoms with E-state index >= 15 is 0 Å². The third kappa shape index (κ3) is 2.56. The van der Waals surface area contributed by atoms with Gasteiger partial charge in [0.15, 0.2) is 6.61 Å². The summed E-state index contributed by atoms with van der Waals surface area (Å²) in [5, 5.41) is 0. The quantitative estimate of drug-likeness (QED) is 0.799. The zero-order valence-corrected chi connectivity index (χ0v) is 11.0. The largest absolute Gasteiger partial charge is 0.439 e.